The average molecular weight is 244 g/mol. The van der Waals surface area contributed by atoms with Gasteiger partial charge in [0.05, 0.1) is 15.9 Å². The summed E-state index contributed by atoms with van der Waals surface area (Å²) in [6, 6.07) is 3.04. The number of hydrogen-bond donors (Lipinski definition) is 1. The van der Waals surface area contributed by atoms with Gasteiger partial charge in [-0.05, 0) is 19.1 Å². The maximum absolute atomic E-state index is 11.7. The highest BCUT2D eigenvalue weighted by Crippen LogP contribution is 2.24. The number of nitrogens with zero attached hydrogens (tertiary/aromatic N) is 2. The summed E-state index contributed by atoms with van der Waals surface area (Å²) in [7, 11) is 0. The molecule has 1 heterocycles. The van der Waals surface area contributed by atoms with Crippen LogP contribution in [0.15, 0.2) is 16.9 Å². The number of rotatable bonds is 0. The third-order valence-corrected chi connectivity index (χ3v) is 2.61. The Balaban J connectivity index is 3.06. The van der Waals surface area contributed by atoms with Gasteiger partial charge in [-0.3, -0.25) is 4.79 Å². The minimum Gasteiger partial charge on any atom is -0.335 e. The minimum absolute atomic E-state index is 0.320. The van der Waals surface area contributed by atoms with Gasteiger partial charge in [0.2, 0.25) is 0 Å². The Labute approximate surface area is 95.2 Å². The Hall–Kier alpha value is -1.26. The van der Waals surface area contributed by atoms with Gasteiger partial charge in [-0.2, -0.15) is 0 Å². The van der Waals surface area contributed by atoms with Crippen LogP contribution in [0.25, 0.3) is 10.9 Å². The molecule has 1 aromatic carbocycles. The van der Waals surface area contributed by atoms with Crippen LogP contribution in [0.4, 0.5) is 0 Å². The van der Waals surface area contributed by atoms with Crippen LogP contribution < -0.4 is 11.4 Å². The number of halogens is 2. The maximum atomic E-state index is 11.7. The van der Waals surface area contributed by atoms with E-state index in [1.807, 2.05) is 0 Å². The first-order valence-electron chi connectivity index (χ1n) is 4.14. The zero-order valence-electron chi connectivity index (χ0n) is 7.79. The molecule has 0 saturated heterocycles. The molecular weight excluding hydrogens is 237 g/mol. The van der Waals surface area contributed by atoms with Crippen molar-refractivity contribution in [2.75, 3.05) is 5.84 Å². The molecule has 0 fully saturated rings. The van der Waals surface area contributed by atoms with E-state index in [2.05, 4.69) is 4.98 Å². The van der Waals surface area contributed by atoms with Crippen molar-refractivity contribution in [2.24, 2.45) is 0 Å². The molecule has 0 amide bonds. The topological polar surface area (TPSA) is 60.9 Å². The largest absolute Gasteiger partial charge is 0.335 e. The van der Waals surface area contributed by atoms with Crippen LogP contribution in [-0.2, 0) is 0 Å². The second-order valence-corrected chi connectivity index (χ2v) is 3.96. The first kappa shape index (κ1) is 10.3. The zero-order chi connectivity index (χ0) is 11.2. The normalized spacial score (nSPS) is 10.9. The average Bonchev–Trinajstić information content (AvgIpc) is 2.17. The second kappa shape index (κ2) is 3.40. The molecule has 2 aromatic rings. The summed E-state index contributed by atoms with van der Waals surface area (Å²) in [5.74, 6) is 5.90. The summed E-state index contributed by atoms with van der Waals surface area (Å²) >= 11 is 11.7. The fourth-order valence-electron chi connectivity index (χ4n) is 1.34. The maximum Gasteiger partial charge on any atom is 0.279 e. The van der Waals surface area contributed by atoms with Gasteiger partial charge in [0.1, 0.15) is 5.82 Å². The lowest BCUT2D eigenvalue weighted by atomic mass is 10.2. The third-order valence-electron chi connectivity index (χ3n) is 2.10. The van der Waals surface area contributed by atoms with Gasteiger partial charge in [-0.1, -0.05) is 23.2 Å². The van der Waals surface area contributed by atoms with Gasteiger partial charge in [0.25, 0.3) is 5.56 Å². The van der Waals surface area contributed by atoms with Gasteiger partial charge in [0.15, 0.2) is 0 Å². The molecule has 0 bridgehead atoms. The van der Waals surface area contributed by atoms with Crippen LogP contribution in [-0.4, -0.2) is 9.66 Å². The lowest BCUT2D eigenvalue weighted by Gasteiger charge is -2.06. The van der Waals surface area contributed by atoms with E-state index in [9.17, 15) is 4.79 Å². The van der Waals surface area contributed by atoms with Gasteiger partial charge in [-0.15, -0.1) is 0 Å². The molecule has 0 atom stereocenters. The molecule has 0 aliphatic heterocycles. The molecule has 15 heavy (non-hydrogen) atoms. The summed E-state index contributed by atoms with van der Waals surface area (Å²) in [6.07, 6.45) is 0. The zero-order valence-corrected chi connectivity index (χ0v) is 9.30. The van der Waals surface area contributed by atoms with Crippen molar-refractivity contribution in [3.05, 3.63) is 38.4 Å². The van der Waals surface area contributed by atoms with E-state index in [1.165, 1.54) is 12.1 Å². The molecular formula is C9H7Cl2N3O. The van der Waals surface area contributed by atoms with Crippen molar-refractivity contribution in [1.29, 1.82) is 0 Å². The number of benzene rings is 1. The number of hydrogen-bond acceptors (Lipinski definition) is 3. The summed E-state index contributed by atoms with van der Waals surface area (Å²) in [5.41, 5.74) is 0.0622. The third kappa shape index (κ3) is 1.56. The highest BCUT2D eigenvalue weighted by molar-refractivity contribution is 6.38. The SMILES string of the molecule is Cc1nc2c(Cl)cc(Cl)cc2c(=O)n1N. The lowest BCUT2D eigenvalue weighted by Crippen LogP contribution is -2.30. The van der Waals surface area contributed by atoms with Crippen LogP contribution in [0.2, 0.25) is 10.0 Å². The summed E-state index contributed by atoms with van der Waals surface area (Å²) in [4.78, 5) is 15.9. The Kier molecular flexibility index (Phi) is 2.32. The lowest BCUT2D eigenvalue weighted by molar-refractivity contribution is 0.852. The summed E-state index contributed by atoms with van der Waals surface area (Å²) < 4.78 is 0.967. The number of fused-ring (bicyclic) bond motifs is 1. The van der Waals surface area contributed by atoms with E-state index in [4.69, 9.17) is 29.0 Å². The highest BCUT2D eigenvalue weighted by atomic mass is 35.5. The monoisotopic (exact) mass is 243 g/mol. The number of nitrogen functional groups attached to an aromatic ring is 1. The molecule has 78 valence electrons. The molecule has 0 unspecified atom stereocenters. The van der Waals surface area contributed by atoms with Crippen molar-refractivity contribution in [1.82, 2.24) is 9.66 Å². The van der Waals surface area contributed by atoms with Crippen molar-refractivity contribution in [2.45, 2.75) is 6.92 Å². The molecule has 1 aromatic heterocycles. The molecule has 0 saturated carbocycles. The van der Waals surface area contributed by atoms with Gasteiger partial charge >= 0.3 is 0 Å². The van der Waals surface area contributed by atoms with E-state index >= 15 is 0 Å². The van der Waals surface area contributed by atoms with Crippen LogP contribution >= 0.6 is 23.2 Å². The van der Waals surface area contributed by atoms with E-state index in [0.29, 0.717) is 26.8 Å². The number of aryl methyl sites for hydroxylation is 1. The quantitative estimate of drug-likeness (QED) is 0.718. The summed E-state index contributed by atoms with van der Waals surface area (Å²) in [6.45, 7) is 1.63. The van der Waals surface area contributed by atoms with Crippen molar-refractivity contribution >= 4 is 34.1 Å². The predicted molar refractivity (Wildman–Crippen MR) is 60.9 cm³/mol. The Morgan fingerprint density at radius 3 is 2.73 bits per heavy atom. The van der Waals surface area contributed by atoms with Gasteiger partial charge < -0.3 is 5.84 Å². The van der Waals surface area contributed by atoms with Crippen LogP contribution in [0.5, 0.6) is 0 Å². The van der Waals surface area contributed by atoms with Crippen molar-refractivity contribution in [3.63, 3.8) is 0 Å². The highest BCUT2D eigenvalue weighted by Gasteiger charge is 2.09. The van der Waals surface area contributed by atoms with E-state index in [-0.39, 0.29) is 5.56 Å². The molecule has 6 heteroatoms. The minimum atomic E-state index is -0.359. The number of nitrogens with two attached hydrogens (primary N) is 1. The van der Waals surface area contributed by atoms with Crippen molar-refractivity contribution < 1.29 is 0 Å². The van der Waals surface area contributed by atoms with E-state index in [0.717, 1.165) is 4.68 Å². The fraction of sp³-hybridized carbons (Fsp3) is 0.111. The van der Waals surface area contributed by atoms with Gasteiger partial charge in [0, 0.05) is 5.02 Å². The molecule has 2 N–H and O–H groups in total. The standard InChI is InChI=1S/C9H7Cl2N3O/c1-4-13-8-6(9(15)14(4)12)2-5(10)3-7(8)11/h2-3H,12H2,1H3. The van der Waals surface area contributed by atoms with Gasteiger partial charge in [-0.25, -0.2) is 9.66 Å². The Bertz CT molecular complexity index is 606. The second-order valence-electron chi connectivity index (χ2n) is 3.12. The Morgan fingerprint density at radius 1 is 1.40 bits per heavy atom. The molecule has 0 aliphatic rings. The molecule has 2 rings (SSSR count). The number of aromatic nitrogens is 2. The Morgan fingerprint density at radius 2 is 2.07 bits per heavy atom. The molecule has 0 aliphatic carbocycles. The molecule has 4 nitrogen and oxygen atoms in total. The first-order chi connectivity index (χ1) is 7.00. The van der Waals surface area contributed by atoms with Crippen LogP contribution in [0.1, 0.15) is 5.82 Å². The molecule has 0 radical (unpaired) electrons. The summed E-state index contributed by atoms with van der Waals surface area (Å²) in [5, 5.41) is 1.05. The smallest absolute Gasteiger partial charge is 0.279 e. The van der Waals surface area contributed by atoms with Crippen LogP contribution in [0.3, 0.4) is 0 Å². The fourth-order valence-corrected chi connectivity index (χ4v) is 1.87. The first-order valence-corrected chi connectivity index (χ1v) is 4.90. The van der Waals surface area contributed by atoms with E-state index < -0.39 is 0 Å². The van der Waals surface area contributed by atoms with E-state index in [1.54, 1.807) is 6.92 Å². The van der Waals surface area contributed by atoms with Crippen molar-refractivity contribution in [3.8, 4) is 0 Å². The van der Waals surface area contributed by atoms with Crippen LogP contribution in [0, 0.1) is 6.92 Å². The molecule has 0 spiro atoms. The predicted octanol–water partition coefficient (Wildman–Crippen LogP) is 1.73.